The summed E-state index contributed by atoms with van der Waals surface area (Å²) in [5, 5.41) is 13.7. The quantitative estimate of drug-likeness (QED) is 0.605. The Morgan fingerprint density at radius 3 is 2.68 bits per heavy atom. The molecule has 122 valence electrons. The summed E-state index contributed by atoms with van der Waals surface area (Å²) in [5.41, 5.74) is -0.0993. The van der Waals surface area contributed by atoms with Crippen LogP contribution in [0.15, 0.2) is 11.5 Å². The fourth-order valence-electron chi connectivity index (χ4n) is 1.60. The number of carbonyl (C=O) groups excluding carboxylic acids is 1. The van der Waals surface area contributed by atoms with Crippen LogP contribution in [0.5, 0.6) is 0 Å². The van der Waals surface area contributed by atoms with Crippen LogP contribution >= 0.6 is 11.3 Å². The number of nitrogens with zero attached hydrogens (tertiary/aromatic N) is 1. The summed E-state index contributed by atoms with van der Waals surface area (Å²) < 4.78 is 5.12. The number of aromatic nitrogens is 1. The number of rotatable bonds is 6. The van der Waals surface area contributed by atoms with E-state index in [4.69, 9.17) is 4.74 Å². The number of carboxylic acid groups (broad SMARTS) is 1. The molecule has 1 rings (SSSR count). The molecule has 0 fully saturated rings. The number of carbonyl (C=O) groups is 2. The van der Waals surface area contributed by atoms with E-state index in [9.17, 15) is 14.7 Å². The molecule has 1 aromatic heterocycles. The average Bonchev–Trinajstić information content (AvgIpc) is 2.79. The van der Waals surface area contributed by atoms with Crippen LogP contribution in [0.25, 0.3) is 5.57 Å². The van der Waals surface area contributed by atoms with E-state index in [1.54, 1.807) is 32.2 Å². The molecule has 0 bridgehead atoms. The van der Waals surface area contributed by atoms with Gasteiger partial charge in [-0.05, 0) is 27.2 Å². The Morgan fingerprint density at radius 1 is 1.45 bits per heavy atom. The van der Waals surface area contributed by atoms with Crippen molar-refractivity contribution < 1.29 is 19.4 Å². The fraction of sp³-hybridized carbons (Fsp3) is 0.533. The van der Waals surface area contributed by atoms with Crippen LogP contribution in [0, 0.1) is 0 Å². The number of aliphatic carboxylic acids is 1. The van der Waals surface area contributed by atoms with Gasteiger partial charge in [0.2, 0.25) is 0 Å². The van der Waals surface area contributed by atoms with E-state index >= 15 is 0 Å². The van der Waals surface area contributed by atoms with Crippen molar-refractivity contribution in [1.29, 1.82) is 0 Å². The molecule has 0 aliphatic carbocycles. The van der Waals surface area contributed by atoms with Gasteiger partial charge in [0.1, 0.15) is 5.60 Å². The predicted molar refractivity (Wildman–Crippen MR) is 87.1 cm³/mol. The summed E-state index contributed by atoms with van der Waals surface area (Å²) in [5.74, 6) is -1.02. The summed E-state index contributed by atoms with van der Waals surface area (Å²) in [6.07, 6.45) is 3.65. The zero-order chi connectivity index (χ0) is 16.8. The molecular formula is C15H22N2O4S. The molecule has 22 heavy (non-hydrogen) atoms. The van der Waals surface area contributed by atoms with E-state index in [1.807, 2.05) is 6.92 Å². The highest BCUT2D eigenvalue weighted by Gasteiger charge is 2.19. The Morgan fingerprint density at radius 2 is 2.14 bits per heavy atom. The molecule has 2 N–H and O–H groups in total. The Kier molecular flexibility index (Phi) is 6.55. The number of amides is 1. The van der Waals surface area contributed by atoms with Crippen molar-refractivity contribution in [2.75, 3.05) is 5.32 Å². The largest absolute Gasteiger partial charge is 0.478 e. The number of hydrogen-bond acceptors (Lipinski definition) is 5. The monoisotopic (exact) mass is 326 g/mol. The third-order valence-electron chi connectivity index (χ3n) is 2.52. The van der Waals surface area contributed by atoms with Crippen LogP contribution in [-0.2, 0) is 9.53 Å². The molecule has 0 aliphatic rings. The van der Waals surface area contributed by atoms with Crippen LogP contribution < -0.4 is 5.32 Å². The molecule has 1 aromatic rings. The topological polar surface area (TPSA) is 88.5 Å². The van der Waals surface area contributed by atoms with Crippen LogP contribution in [0.2, 0.25) is 0 Å². The van der Waals surface area contributed by atoms with Gasteiger partial charge in [0.25, 0.3) is 0 Å². The highest BCUT2D eigenvalue weighted by atomic mass is 32.1. The maximum Gasteiger partial charge on any atom is 0.413 e. The lowest BCUT2D eigenvalue weighted by molar-refractivity contribution is -0.130. The lowest BCUT2D eigenvalue weighted by Gasteiger charge is -2.18. The molecule has 0 radical (unpaired) electrons. The summed E-state index contributed by atoms with van der Waals surface area (Å²) in [6.45, 7) is 7.33. The molecule has 0 saturated carbocycles. The molecule has 1 heterocycles. The summed E-state index contributed by atoms with van der Waals surface area (Å²) >= 11 is 1.16. The van der Waals surface area contributed by atoms with Crippen molar-refractivity contribution in [2.45, 2.75) is 52.6 Å². The van der Waals surface area contributed by atoms with E-state index < -0.39 is 17.7 Å². The summed E-state index contributed by atoms with van der Waals surface area (Å²) in [6, 6.07) is 0. The number of carboxylic acids is 1. The number of anilines is 1. The zero-order valence-corrected chi connectivity index (χ0v) is 14.1. The highest BCUT2D eigenvalue weighted by molar-refractivity contribution is 7.14. The lowest BCUT2D eigenvalue weighted by Crippen LogP contribution is -2.27. The van der Waals surface area contributed by atoms with Crippen molar-refractivity contribution in [2.24, 2.45) is 0 Å². The minimum absolute atomic E-state index is 0.155. The summed E-state index contributed by atoms with van der Waals surface area (Å²) in [7, 11) is 0. The van der Waals surface area contributed by atoms with Gasteiger partial charge in [0.05, 0.1) is 11.3 Å². The summed E-state index contributed by atoms with van der Waals surface area (Å²) in [4.78, 5) is 27.1. The molecular weight excluding hydrogens is 304 g/mol. The first-order valence-corrected chi connectivity index (χ1v) is 8.00. The Bertz CT molecular complexity index is 558. The van der Waals surface area contributed by atoms with Crippen molar-refractivity contribution in [3.63, 3.8) is 0 Å². The molecule has 0 unspecified atom stereocenters. The standard InChI is InChI=1S/C15H22N2O4S/c1-5-6-7-8-10(12(18)19)11-9-22-13(16-11)17-14(20)21-15(2,3)4/h8-9H,5-7H2,1-4H3,(H,18,19)(H,16,17,20). The van der Waals surface area contributed by atoms with Crippen molar-refractivity contribution in [3.05, 3.63) is 17.2 Å². The molecule has 1 amide bonds. The van der Waals surface area contributed by atoms with E-state index in [-0.39, 0.29) is 5.57 Å². The maximum atomic E-state index is 11.7. The zero-order valence-electron chi connectivity index (χ0n) is 13.3. The van der Waals surface area contributed by atoms with Gasteiger partial charge < -0.3 is 9.84 Å². The fourth-order valence-corrected chi connectivity index (χ4v) is 2.29. The van der Waals surface area contributed by atoms with Crippen molar-refractivity contribution in [1.82, 2.24) is 4.98 Å². The molecule has 0 atom stereocenters. The third-order valence-corrected chi connectivity index (χ3v) is 3.28. The molecule has 0 saturated heterocycles. The molecule has 6 nitrogen and oxygen atoms in total. The maximum absolute atomic E-state index is 11.7. The normalized spacial score (nSPS) is 12.1. The van der Waals surface area contributed by atoms with E-state index in [0.29, 0.717) is 17.2 Å². The number of allylic oxidation sites excluding steroid dienone is 1. The van der Waals surface area contributed by atoms with Gasteiger partial charge in [-0.25, -0.2) is 14.6 Å². The second kappa shape index (κ2) is 7.93. The number of nitrogens with one attached hydrogen (secondary N) is 1. The first-order chi connectivity index (χ1) is 10.2. The second-order valence-electron chi connectivity index (χ2n) is 5.73. The lowest BCUT2D eigenvalue weighted by atomic mass is 10.1. The Labute approximate surface area is 134 Å². The molecule has 0 aromatic carbocycles. The van der Waals surface area contributed by atoms with Gasteiger partial charge >= 0.3 is 12.1 Å². The van der Waals surface area contributed by atoms with E-state index in [0.717, 1.165) is 24.2 Å². The minimum Gasteiger partial charge on any atom is -0.478 e. The van der Waals surface area contributed by atoms with Crippen LogP contribution in [0.3, 0.4) is 0 Å². The van der Waals surface area contributed by atoms with Crippen molar-refractivity contribution in [3.8, 4) is 0 Å². The van der Waals surface area contributed by atoms with E-state index in [2.05, 4.69) is 10.3 Å². The SMILES string of the molecule is CCCCC=C(C(=O)O)c1csc(NC(=O)OC(C)(C)C)n1. The van der Waals surface area contributed by atoms with Gasteiger partial charge in [-0.2, -0.15) is 0 Å². The number of hydrogen-bond donors (Lipinski definition) is 2. The van der Waals surface area contributed by atoms with Crippen LogP contribution in [0.4, 0.5) is 9.93 Å². The predicted octanol–water partition coefficient (Wildman–Crippen LogP) is 4.15. The number of ether oxygens (including phenoxy) is 1. The van der Waals surface area contributed by atoms with Gasteiger partial charge in [0.15, 0.2) is 5.13 Å². The average molecular weight is 326 g/mol. The Balaban J connectivity index is 2.78. The molecule has 7 heteroatoms. The Hall–Kier alpha value is -1.89. The molecule has 0 aliphatic heterocycles. The first-order valence-electron chi connectivity index (χ1n) is 7.12. The first kappa shape index (κ1) is 18.2. The van der Waals surface area contributed by atoms with Crippen LogP contribution in [-0.4, -0.2) is 27.8 Å². The van der Waals surface area contributed by atoms with Gasteiger partial charge in [0, 0.05) is 5.38 Å². The third kappa shape index (κ3) is 6.26. The molecule has 0 spiro atoms. The smallest absolute Gasteiger partial charge is 0.413 e. The van der Waals surface area contributed by atoms with Crippen LogP contribution in [0.1, 0.15) is 52.7 Å². The highest BCUT2D eigenvalue weighted by Crippen LogP contribution is 2.23. The number of unbranched alkanes of at least 4 members (excludes halogenated alkanes) is 2. The van der Waals surface area contributed by atoms with E-state index in [1.165, 1.54) is 0 Å². The minimum atomic E-state index is -1.02. The van der Waals surface area contributed by atoms with Gasteiger partial charge in [-0.3, -0.25) is 5.32 Å². The number of thiazole rings is 1. The van der Waals surface area contributed by atoms with Gasteiger partial charge in [-0.1, -0.05) is 25.8 Å². The van der Waals surface area contributed by atoms with Crippen molar-refractivity contribution >= 4 is 34.1 Å². The second-order valence-corrected chi connectivity index (χ2v) is 6.59. The van der Waals surface area contributed by atoms with Gasteiger partial charge in [-0.15, -0.1) is 11.3 Å².